The molecule has 11 heteroatoms. The quantitative estimate of drug-likeness (QED) is 0.245. The summed E-state index contributed by atoms with van der Waals surface area (Å²) in [6.45, 7) is 0. The Labute approximate surface area is 362 Å². The molecule has 286 valence electrons. The second-order valence-electron chi connectivity index (χ2n) is 16.6. The van der Waals surface area contributed by atoms with Crippen LogP contribution in [0.4, 0.5) is 0 Å². The molecule has 6 nitrogen and oxygen atoms in total. The Morgan fingerprint density at radius 1 is 0.355 bits per heavy atom. The van der Waals surface area contributed by atoms with Gasteiger partial charge in [0.05, 0.1) is 22.1 Å². The molecule has 0 aliphatic carbocycles. The molecule has 0 spiro atoms. The van der Waals surface area contributed by atoms with Gasteiger partial charge >= 0.3 is 0 Å². The molecule has 0 atom stereocenters. The van der Waals surface area contributed by atoms with Crippen molar-refractivity contribution in [1.29, 1.82) is 0 Å². The van der Waals surface area contributed by atoms with Crippen molar-refractivity contribution in [2.75, 3.05) is 0 Å². The molecule has 0 aliphatic rings. The Balaban J connectivity index is 1.05. The number of aromatic nitrogens is 5. The average molecular weight is 789 g/mol. The maximum absolute atomic E-state index is 6.67. The number of nitrogens with zero attached hydrogens (tertiary/aromatic N) is 5. The second-order valence-corrected chi connectivity index (χ2v) is 16.6. The third-order valence-corrected chi connectivity index (χ3v) is 13.4. The Bertz CT molecular complexity index is 3750. The molecular formula is C51H36B5N5O. The first kappa shape index (κ1) is 36.4. The van der Waals surface area contributed by atoms with Gasteiger partial charge < -0.3 is 8.98 Å². The maximum Gasteiger partial charge on any atom is 0.238 e. The molecular weight excluding hydrogens is 753 g/mol. The number of furan rings is 1. The third kappa shape index (κ3) is 5.40. The highest BCUT2D eigenvalue weighted by molar-refractivity contribution is 6.68. The maximum atomic E-state index is 6.67. The van der Waals surface area contributed by atoms with Gasteiger partial charge in [0.25, 0.3) is 0 Å². The molecule has 0 N–H and O–H groups in total. The molecule has 0 radical (unpaired) electrons. The van der Waals surface area contributed by atoms with Crippen LogP contribution in [0.15, 0.2) is 162 Å². The number of hydrogen-bond donors (Lipinski definition) is 0. The van der Waals surface area contributed by atoms with E-state index in [2.05, 4.69) is 206 Å². The van der Waals surface area contributed by atoms with Crippen LogP contribution in [-0.2, 0) is 0 Å². The van der Waals surface area contributed by atoms with Crippen molar-refractivity contribution >= 4 is 132 Å². The summed E-state index contributed by atoms with van der Waals surface area (Å²) in [5.41, 5.74) is 17.6. The summed E-state index contributed by atoms with van der Waals surface area (Å²) in [6, 6.07) is 55.8. The van der Waals surface area contributed by atoms with E-state index >= 15 is 0 Å². The minimum Gasteiger partial charge on any atom is -0.456 e. The molecule has 0 saturated heterocycles. The summed E-state index contributed by atoms with van der Waals surface area (Å²) < 4.78 is 11.2. The van der Waals surface area contributed by atoms with E-state index in [1.54, 1.807) is 0 Å². The van der Waals surface area contributed by atoms with Gasteiger partial charge in [0, 0.05) is 55.2 Å². The first-order valence-corrected chi connectivity index (χ1v) is 21.2. The van der Waals surface area contributed by atoms with Gasteiger partial charge in [-0.25, -0.2) is 4.98 Å². The first-order chi connectivity index (χ1) is 30.3. The third-order valence-electron chi connectivity index (χ3n) is 13.4. The lowest BCUT2D eigenvalue weighted by atomic mass is 9.60. The van der Waals surface area contributed by atoms with Crippen molar-refractivity contribution in [2.24, 2.45) is 0 Å². The van der Waals surface area contributed by atoms with E-state index < -0.39 is 0 Å². The van der Waals surface area contributed by atoms with Crippen LogP contribution >= 0.6 is 0 Å². The van der Waals surface area contributed by atoms with Crippen molar-refractivity contribution in [3.63, 3.8) is 0 Å². The van der Waals surface area contributed by atoms with Crippen LogP contribution in [0.5, 0.6) is 0 Å². The molecule has 4 heterocycles. The zero-order chi connectivity index (χ0) is 41.8. The van der Waals surface area contributed by atoms with E-state index in [4.69, 9.17) is 19.4 Å². The second kappa shape index (κ2) is 13.8. The van der Waals surface area contributed by atoms with Crippen LogP contribution in [0.3, 0.4) is 0 Å². The fourth-order valence-electron chi connectivity index (χ4n) is 9.78. The lowest BCUT2D eigenvalue weighted by Crippen LogP contribution is -2.55. The Kier molecular flexibility index (Phi) is 8.07. The number of rotatable bonds is 5. The highest BCUT2D eigenvalue weighted by atomic mass is 16.3. The summed E-state index contributed by atoms with van der Waals surface area (Å²) in [5.74, 6) is 1.85. The molecule has 0 unspecified atom stereocenters. The van der Waals surface area contributed by atoms with Crippen LogP contribution in [-0.4, -0.2) is 63.3 Å². The van der Waals surface area contributed by atoms with E-state index in [0.29, 0.717) is 17.6 Å². The number of benzene rings is 8. The average Bonchev–Trinajstić information content (AvgIpc) is 3.97. The van der Waals surface area contributed by atoms with Gasteiger partial charge in [-0.05, 0) is 65.7 Å². The molecule has 12 aromatic rings. The standard InChI is InChI=1S/C51H36B5N5O/c52-44-43(45(53)47(55)48(56)46(44)54)50-57-49(58-51(59-50)61-38-16-8-5-12-31(38)32-13-6-9-17-39(32)61)29-19-23-41-36(24-29)35-22-20-30(26-42(35)62-41)60-37-15-7-4-14-33(37)34-21-18-28(25-40(34)60)27-10-2-1-3-11-27/h1-26H,52-56H2. The highest BCUT2D eigenvalue weighted by Crippen LogP contribution is 2.38. The smallest absolute Gasteiger partial charge is 0.238 e. The minimum absolute atomic E-state index is 0.584. The van der Waals surface area contributed by atoms with Crippen molar-refractivity contribution in [3.8, 4) is 45.5 Å². The lowest BCUT2D eigenvalue weighted by molar-refractivity contribution is 0.668. The van der Waals surface area contributed by atoms with E-state index in [-0.39, 0.29) is 0 Å². The molecule has 0 bridgehead atoms. The summed E-state index contributed by atoms with van der Waals surface area (Å²) in [4.78, 5) is 15.9. The normalized spacial score (nSPS) is 11.9. The molecule has 0 aliphatic heterocycles. The number of hydrogen-bond acceptors (Lipinski definition) is 4. The van der Waals surface area contributed by atoms with Gasteiger partial charge in [-0.2, -0.15) is 9.97 Å². The minimum atomic E-state index is 0.584. The summed E-state index contributed by atoms with van der Waals surface area (Å²) in [6.07, 6.45) is 0. The SMILES string of the molecule is Bc1c(B)c(B)c(-c2nc(-c3ccc4oc5cc(-n6c7ccccc7c7ccc(-c8ccccc8)cc76)ccc5c4c3)nc(-n3c4ccccc4c4ccccc43)n2)c(B)c1B. The molecule has 0 fully saturated rings. The molecule has 0 amide bonds. The van der Waals surface area contributed by atoms with Gasteiger partial charge in [0.15, 0.2) is 11.6 Å². The summed E-state index contributed by atoms with van der Waals surface area (Å²) >= 11 is 0. The summed E-state index contributed by atoms with van der Waals surface area (Å²) in [5, 5.41) is 6.79. The zero-order valence-electron chi connectivity index (χ0n) is 35.2. The molecule has 12 rings (SSSR count). The predicted molar refractivity (Wildman–Crippen MR) is 273 cm³/mol. The molecule has 8 aromatic carbocycles. The van der Waals surface area contributed by atoms with Gasteiger partial charge in [0.2, 0.25) is 5.95 Å². The number of para-hydroxylation sites is 3. The van der Waals surface area contributed by atoms with E-state index in [1.807, 2.05) is 0 Å². The van der Waals surface area contributed by atoms with E-state index in [9.17, 15) is 0 Å². The fraction of sp³-hybridized carbons (Fsp3) is 0. The van der Waals surface area contributed by atoms with Gasteiger partial charge in [-0.3, -0.25) is 4.57 Å². The Morgan fingerprint density at radius 2 is 0.903 bits per heavy atom. The lowest BCUT2D eigenvalue weighted by Gasteiger charge is -2.20. The van der Waals surface area contributed by atoms with E-state index in [0.717, 1.165) is 71.6 Å². The van der Waals surface area contributed by atoms with Crippen LogP contribution in [0.1, 0.15) is 0 Å². The van der Waals surface area contributed by atoms with Crippen LogP contribution in [0.25, 0.3) is 111 Å². The largest absolute Gasteiger partial charge is 0.456 e. The topological polar surface area (TPSA) is 61.7 Å². The highest BCUT2D eigenvalue weighted by Gasteiger charge is 2.22. The summed E-state index contributed by atoms with van der Waals surface area (Å²) in [7, 11) is 11.0. The van der Waals surface area contributed by atoms with Crippen LogP contribution in [0.2, 0.25) is 0 Å². The van der Waals surface area contributed by atoms with Crippen molar-refractivity contribution in [2.45, 2.75) is 0 Å². The van der Waals surface area contributed by atoms with Gasteiger partial charge in [-0.15, -0.1) is 16.4 Å². The van der Waals surface area contributed by atoms with Crippen LogP contribution < -0.4 is 27.3 Å². The van der Waals surface area contributed by atoms with E-state index in [1.165, 1.54) is 49.2 Å². The monoisotopic (exact) mass is 789 g/mol. The zero-order valence-corrected chi connectivity index (χ0v) is 35.2. The van der Waals surface area contributed by atoms with Crippen molar-refractivity contribution < 1.29 is 4.42 Å². The van der Waals surface area contributed by atoms with Crippen LogP contribution in [0, 0.1) is 0 Å². The Hall–Kier alpha value is -7.51. The predicted octanol–water partition coefficient (Wildman–Crippen LogP) is 4.26. The van der Waals surface area contributed by atoms with Gasteiger partial charge in [-0.1, -0.05) is 108 Å². The van der Waals surface area contributed by atoms with Crippen molar-refractivity contribution in [1.82, 2.24) is 24.1 Å². The molecule has 0 saturated carbocycles. The number of fused-ring (bicyclic) bond motifs is 9. The fourth-order valence-corrected chi connectivity index (χ4v) is 9.78. The molecule has 62 heavy (non-hydrogen) atoms. The Morgan fingerprint density at radius 3 is 1.58 bits per heavy atom. The molecule has 4 aromatic heterocycles. The van der Waals surface area contributed by atoms with Crippen molar-refractivity contribution in [3.05, 3.63) is 158 Å². The first-order valence-electron chi connectivity index (χ1n) is 21.2. The van der Waals surface area contributed by atoms with Gasteiger partial charge in [0.1, 0.15) is 50.4 Å².